The van der Waals surface area contributed by atoms with Gasteiger partial charge in [-0.2, -0.15) is 0 Å². The van der Waals surface area contributed by atoms with Gasteiger partial charge in [-0.1, -0.05) is 0 Å². The van der Waals surface area contributed by atoms with Crippen LogP contribution in [0.2, 0.25) is 0 Å². The molecule has 0 spiro atoms. The van der Waals surface area contributed by atoms with Gasteiger partial charge in [-0.15, -0.1) is 0 Å². The molecule has 0 aliphatic heterocycles. The molecule has 3 N–H and O–H groups in total. The van der Waals surface area contributed by atoms with Crippen LogP contribution >= 0.6 is 23.5 Å². The van der Waals surface area contributed by atoms with Crippen molar-refractivity contribution in [3.8, 4) is 0 Å². The normalized spacial score (nSPS) is 10.8. The van der Waals surface area contributed by atoms with Crippen LogP contribution in [0.4, 0.5) is 0 Å². The Morgan fingerprint density at radius 3 is 1.28 bits per heavy atom. The molecule has 0 heterocycles. The summed E-state index contributed by atoms with van der Waals surface area (Å²) < 4.78 is 34.7. The van der Waals surface area contributed by atoms with Gasteiger partial charge in [0.1, 0.15) is 0 Å². The molecule has 0 bridgehead atoms. The van der Waals surface area contributed by atoms with Gasteiger partial charge in [0.2, 0.25) is 0 Å². The first-order valence-electron chi connectivity index (χ1n) is 4.91. The summed E-state index contributed by atoms with van der Waals surface area (Å²) in [5, 5.41) is 18.0. The topological polar surface area (TPSA) is 288 Å². The van der Waals surface area contributed by atoms with E-state index in [1.165, 1.54) is 0 Å². The Balaban J connectivity index is -0.0000000428. The molecule has 0 unspecified atom stereocenters. The van der Waals surface area contributed by atoms with E-state index in [4.69, 9.17) is 10.8 Å². The quantitative estimate of drug-likeness (QED) is 0.215. The summed E-state index contributed by atoms with van der Waals surface area (Å²) in [6, 6.07) is -1.17. The van der Waals surface area contributed by atoms with Crippen molar-refractivity contribution in [3.05, 3.63) is 0 Å². The van der Waals surface area contributed by atoms with Gasteiger partial charge in [0.25, 0.3) is 7.82 Å². The summed E-state index contributed by atoms with van der Waals surface area (Å²) in [6.45, 7) is 0. The van der Waals surface area contributed by atoms with Crippen LogP contribution in [0.15, 0.2) is 0 Å². The molecular formula is C5H8NNa6O14P3. The number of carbonyl (C=O) groups is 2. The second kappa shape index (κ2) is 26.4. The average Bonchev–Trinajstić information content (AvgIpc) is 2.18. The van der Waals surface area contributed by atoms with Crippen molar-refractivity contribution in [2.45, 2.75) is 18.9 Å². The van der Waals surface area contributed by atoms with Gasteiger partial charge in [-0.3, -0.25) is 18.0 Å². The van der Waals surface area contributed by atoms with Crippen LogP contribution in [0.1, 0.15) is 12.8 Å². The molecule has 24 heteroatoms. The Bertz CT molecular complexity index is 540. The minimum Gasteiger partial charge on any atom is -0.790 e. The monoisotopic (exact) mass is 537 g/mol. The molecule has 0 aliphatic rings. The third-order valence-corrected chi connectivity index (χ3v) is 4.57. The number of nitrogens with two attached hydrogens (primary N) is 1. The molecule has 0 radical (unpaired) electrons. The smallest absolute Gasteiger partial charge is 0.790 e. The standard InChI is InChI=1S/C5H9NO4.6Na.H5O10P3/c6-3(5(9)10)1-2-4(7)8;;;;;;;1-11(2,3)9-13(7,8)10-12(4,5)6/h3H,1-2,6H2,(H,7,8)(H,9,10);;;;;;;(H,7,8)(H2,1,2,3)(H2,4,5,6)/q;6*+1;/p-6/t3-;;;;;;;/m0......./s1. The number of rotatable bonds is 8. The number of carboxylic acids is 2. The van der Waals surface area contributed by atoms with Gasteiger partial charge >= 0.3 is 183 Å². The molecule has 0 saturated heterocycles. The largest absolute Gasteiger partial charge is 1.00 e. The summed E-state index contributed by atoms with van der Waals surface area (Å²) in [7, 11) is -17.9. The van der Waals surface area contributed by atoms with Crippen LogP contribution in [0.25, 0.3) is 0 Å². The van der Waals surface area contributed by atoms with Gasteiger partial charge in [0.15, 0.2) is 0 Å². The summed E-state index contributed by atoms with van der Waals surface area (Å²) in [4.78, 5) is 68.4. The summed E-state index contributed by atoms with van der Waals surface area (Å²) in [6.07, 6.45) is -0.327. The fourth-order valence-electron chi connectivity index (χ4n) is 0.657. The van der Waals surface area contributed by atoms with Gasteiger partial charge in [0.05, 0.1) is 21.6 Å². The molecule has 0 aliphatic carbocycles. The Labute approximate surface area is 298 Å². The van der Waals surface area contributed by atoms with E-state index in [-0.39, 0.29) is 190 Å². The van der Waals surface area contributed by atoms with Crippen molar-refractivity contribution in [1.29, 1.82) is 0 Å². The van der Waals surface area contributed by atoms with E-state index >= 15 is 0 Å². The fraction of sp³-hybridized carbons (Fsp3) is 0.600. The van der Waals surface area contributed by atoms with E-state index in [2.05, 4.69) is 8.62 Å². The Hall–Kier alpha value is 5.31. The first-order valence-corrected chi connectivity index (χ1v) is 9.29. The zero-order valence-electron chi connectivity index (χ0n) is 16.7. The summed E-state index contributed by atoms with van der Waals surface area (Å²) in [5.41, 5.74) is 4.94. The third-order valence-electron chi connectivity index (χ3n) is 1.37. The van der Waals surface area contributed by atoms with Crippen LogP contribution in [0.5, 0.6) is 0 Å². The molecular weight excluding hydrogens is 529 g/mol. The van der Waals surface area contributed by atoms with Crippen LogP contribution in [0.3, 0.4) is 0 Å². The second-order valence-electron chi connectivity index (χ2n) is 3.36. The molecule has 0 fully saturated rings. The molecule has 0 saturated carbocycles. The first-order chi connectivity index (χ1) is 9.95. The molecule has 29 heavy (non-hydrogen) atoms. The zero-order chi connectivity index (χ0) is 19.1. The SMILES string of the molecule is N[C@@H](CCC(=O)O)C(=O)[O-].O=P([O-])([O-])OP(=O)([O-])OP(=O)([O-])[O-].[Na+].[Na+].[Na+].[Na+].[Na+].[Na+]. The van der Waals surface area contributed by atoms with Crippen molar-refractivity contribution >= 4 is 35.4 Å². The van der Waals surface area contributed by atoms with Gasteiger partial charge in [-0.25, -0.2) is 0 Å². The molecule has 0 aromatic heterocycles. The molecule has 1 atom stereocenters. The van der Waals surface area contributed by atoms with E-state index in [0.717, 1.165) is 0 Å². The molecule has 0 rings (SSSR count). The Kier molecular flexibility index (Phi) is 50.0. The molecule has 15 nitrogen and oxygen atoms in total. The van der Waals surface area contributed by atoms with E-state index in [1.54, 1.807) is 0 Å². The number of carbonyl (C=O) groups excluding carboxylic acids is 1. The van der Waals surface area contributed by atoms with Crippen molar-refractivity contribution < 1.29 is 244 Å². The number of hydrogen-bond acceptors (Lipinski definition) is 14. The average molecular weight is 537 g/mol. The number of hydrogen-bond donors (Lipinski definition) is 2. The first kappa shape index (κ1) is 55.0. The predicted octanol–water partition coefficient (Wildman–Crippen LogP) is -23.9. The van der Waals surface area contributed by atoms with Crippen LogP contribution in [0, 0.1) is 0 Å². The van der Waals surface area contributed by atoms with Crippen LogP contribution < -0.4 is 213 Å². The maximum atomic E-state index is 10.1. The van der Waals surface area contributed by atoms with Crippen molar-refractivity contribution in [3.63, 3.8) is 0 Å². The molecule has 138 valence electrons. The maximum Gasteiger partial charge on any atom is 1.00 e. The van der Waals surface area contributed by atoms with E-state index in [9.17, 15) is 52.9 Å². The molecule has 0 aromatic carbocycles. The Morgan fingerprint density at radius 1 is 0.828 bits per heavy atom. The second-order valence-corrected chi connectivity index (χ2v) is 7.35. The van der Waals surface area contributed by atoms with Gasteiger partial charge < -0.3 is 54.3 Å². The summed E-state index contributed by atoms with van der Waals surface area (Å²) in [5.74, 6) is -2.47. The fourth-order valence-corrected chi connectivity index (χ4v) is 3.00. The Morgan fingerprint density at radius 2 is 1.10 bits per heavy atom. The number of aliphatic carboxylic acids is 2. The minimum absolute atomic E-state index is 0. The minimum atomic E-state index is -5.97. The summed E-state index contributed by atoms with van der Waals surface area (Å²) >= 11 is 0. The van der Waals surface area contributed by atoms with Crippen LogP contribution in [-0.2, 0) is 31.9 Å². The van der Waals surface area contributed by atoms with Crippen molar-refractivity contribution in [2.75, 3.05) is 0 Å². The maximum absolute atomic E-state index is 10.1. The van der Waals surface area contributed by atoms with Crippen molar-refractivity contribution in [2.24, 2.45) is 5.73 Å². The molecule has 0 aromatic rings. The van der Waals surface area contributed by atoms with E-state index < -0.39 is 41.4 Å². The predicted molar refractivity (Wildman–Crippen MR) is 54.8 cm³/mol. The number of phosphoric acid groups is 3. The van der Waals surface area contributed by atoms with E-state index in [0.29, 0.717) is 0 Å². The van der Waals surface area contributed by atoms with E-state index in [1.807, 2.05) is 0 Å². The third kappa shape index (κ3) is 47.2. The zero-order valence-corrected chi connectivity index (χ0v) is 31.3. The number of carboxylic acid groups (broad SMARTS) is 2. The molecule has 0 amide bonds. The van der Waals surface area contributed by atoms with Gasteiger partial charge in [-0.05, 0) is 6.42 Å². The van der Waals surface area contributed by atoms with Crippen molar-refractivity contribution in [1.82, 2.24) is 0 Å². The van der Waals surface area contributed by atoms with Crippen LogP contribution in [-0.4, -0.2) is 23.1 Å². The van der Waals surface area contributed by atoms with Gasteiger partial charge in [0, 0.05) is 12.5 Å².